The zero-order valence-corrected chi connectivity index (χ0v) is 7.54. The largest absolute Gasteiger partial charge is 0.272 e. The normalized spacial score (nSPS) is 9.75. The van der Waals surface area contributed by atoms with Gasteiger partial charge in [0.25, 0.3) is 0 Å². The molecule has 1 heterocycles. The van der Waals surface area contributed by atoms with Gasteiger partial charge in [-0.3, -0.25) is 4.68 Å². The van der Waals surface area contributed by atoms with Crippen molar-refractivity contribution in [1.82, 2.24) is 9.78 Å². The van der Waals surface area contributed by atoms with Gasteiger partial charge in [-0.05, 0) is 13.3 Å². The quantitative estimate of drug-likeness (QED) is 0.680. The molecule has 0 aliphatic carbocycles. The van der Waals surface area contributed by atoms with Crippen molar-refractivity contribution >= 4 is 0 Å². The Labute approximate surface area is 72.6 Å². The molecule has 1 rings (SSSR count). The number of rotatable bonds is 3. The lowest BCUT2D eigenvalue weighted by Gasteiger charge is -1.93. The third kappa shape index (κ3) is 1.85. The highest BCUT2D eigenvalue weighted by molar-refractivity contribution is 5.18. The van der Waals surface area contributed by atoms with Gasteiger partial charge in [0.05, 0.1) is 18.2 Å². The van der Waals surface area contributed by atoms with E-state index in [1.807, 2.05) is 17.8 Å². The van der Waals surface area contributed by atoms with Gasteiger partial charge in [0.2, 0.25) is 0 Å². The minimum Gasteiger partial charge on any atom is -0.272 e. The molecular weight excluding hydrogens is 150 g/mol. The van der Waals surface area contributed by atoms with Gasteiger partial charge in [-0.15, -0.1) is 0 Å². The number of aryl methyl sites for hydroxylation is 2. The van der Waals surface area contributed by atoms with Crippen LogP contribution in [0.4, 0.5) is 0 Å². The van der Waals surface area contributed by atoms with Crippen LogP contribution in [-0.4, -0.2) is 9.78 Å². The topological polar surface area (TPSA) is 41.6 Å². The summed E-state index contributed by atoms with van der Waals surface area (Å²) in [6, 6.07) is 2.13. The van der Waals surface area contributed by atoms with Gasteiger partial charge in [-0.25, -0.2) is 0 Å². The molecule has 0 spiro atoms. The predicted octanol–water partition coefficient (Wildman–Crippen LogP) is 1.67. The average molecular weight is 163 g/mol. The Morgan fingerprint density at radius 1 is 1.67 bits per heavy atom. The van der Waals surface area contributed by atoms with Crippen molar-refractivity contribution in [3.63, 3.8) is 0 Å². The van der Waals surface area contributed by atoms with Crippen LogP contribution in [0.5, 0.6) is 0 Å². The molecule has 0 atom stereocenters. The van der Waals surface area contributed by atoms with E-state index in [4.69, 9.17) is 5.26 Å². The third-order valence-corrected chi connectivity index (χ3v) is 1.77. The Balaban J connectivity index is 2.79. The fourth-order valence-corrected chi connectivity index (χ4v) is 1.16. The molecule has 1 aromatic heterocycles. The van der Waals surface area contributed by atoms with E-state index in [-0.39, 0.29) is 0 Å². The van der Waals surface area contributed by atoms with Crippen molar-refractivity contribution < 1.29 is 0 Å². The number of aromatic nitrogens is 2. The van der Waals surface area contributed by atoms with Gasteiger partial charge in [0, 0.05) is 18.3 Å². The van der Waals surface area contributed by atoms with Crippen molar-refractivity contribution in [3.05, 3.63) is 17.5 Å². The van der Waals surface area contributed by atoms with Crippen LogP contribution in [0.3, 0.4) is 0 Å². The Morgan fingerprint density at radius 2 is 2.42 bits per heavy atom. The Kier molecular flexibility index (Phi) is 2.87. The highest BCUT2D eigenvalue weighted by Crippen LogP contribution is 2.06. The fraction of sp³-hybridized carbons (Fsp3) is 0.556. The van der Waals surface area contributed by atoms with Gasteiger partial charge in [0.1, 0.15) is 0 Å². The Bertz CT molecular complexity index is 293. The molecular formula is C9H13N3. The van der Waals surface area contributed by atoms with Crippen LogP contribution in [-0.2, 0) is 13.0 Å². The molecule has 64 valence electrons. The first-order valence-electron chi connectivity index (χ1n) is 4.17. The van der Waals surface area contributed by atoms with E-state index in [0.717, 1.165) is 24.2 Å². The fourth-order valence-electron chi connectivity index (χ4n) is 1.16. The predicted molar refractivity (Wildman–Crippen MR) is 46.6 cm³/mol. The highest BCUT2D eigenvalue weighted by Gasteiger charge is 2.02. The van der Waals surface area contributed by atoms with E-state index in [0.29, 0.717) is 6.42 Å². The molecule has 0 amide bonds. The third-order valence-electron chi connectivity index (χ3n) is 1.77. The summed E-state index contributed by atoms with van der Waals surface area (Å²) in [6.45, 7) is 4.99. The van der Waals surface area contributed by atoms with Gasteiger partial charge in [0.15, 0.2) is 0 Å². The van der Waals surface area contributed by atoms with Gasteiger partial charge >= 0.3 is 0 Å². The minimum atomic E-state index is 0.468. The lowest BCUT2D eigenvalue weighted by atomic mass is 10.2. The smallest absolute Gasteiger partial charge is 0.0671 e. The van der Waals surface area contributed by atoms with Gasteiger partial charge in [-0.2, -0.15) is 10.4 Å². The molecule has 0 aliphatic heterocycles. The van der Waals surface area contributed by atoms with E-state index >= 15 is 0 Å². The van der Waals surface area contributed by atoms with Crippen LogP contribution in [0.1, 0.15) is 24.6 Å². The lowest BCUT2D eigenvalue weighted by molar-refractivity contribution is 0.598. The summed E-state index contributed by atoms with van der Waals surface area (Å²) in [7, 11) is 0. The van der Waals surface area contributed by atoms with Crippen molar-refractivity contribution in [1.29, 1.82) is 5.26 Å². The first-order valence-corrected chi connectivity index (χ1v) is 4.17. The number of nitriles is 1. The van der Waals surface area contributed by atoms with Gasteiger partial charge < -0.3 is 0 Å². The maximum atomic E-state index is 8.50. The molecule has 0 fully saturated rings. The summed E-state index contributed by atoms with van der Waals surface area (Å²) < 4.78 is 1.90. The minimum absolute atomic E-state index is 0.468. The maximum Gasteiger partial charge on any atom is 0.0671 e. The summed E-state index contributed by atoms with van der Waals surface area (Å²) in [5.41, 5.74) is 2.02. The molecule has 3 nitrogen and oxygen atoms in total. The molecule has 0 aliphatic rings. The lowest BCUT2D eigenvalue weighted by Crippen LogP contribution is -1.96. The molecule has 0 aromatic carbocycles. The average Bonchev–Trinajstić information content (AvgIpc) is 2.34. The summed E-state index contributed by atoms with van der Waals surface area (Å²) in [5, 5.41) is 12.8. The molecule has 0 N–H and O–H groups in total. The first kappa shape index (κ1) is 8.79. The van der Waals surface area contributed by atoms with E-state index in [9.17, 15) is 0 Å². The zero-order chi connectivity index (χ0) is 8.97. The van der Waals surface area contributed by atoms with Crippen LogP contribution in [0.15, 0.2) is 6.20 Å². The Hall–Kier alpha value is -1.30. The van der Waals surface area contributed by atoms with Crippen LogP contribution >= 0.6 is 0 Å². The molecule has 0 saturated carbocycles. The molecule has 0 unspecified atom stereocenters. The number of hydrogen-bond acceptors (Lipinski definition) is 2. The second-order valence-electron chi connectivity index (χ2n) is 2.84. The summed E-state index contributed by atoms with van der Waals surface area (Å²) in [5.74, 6) is 0. The van der Waals surface area contributed by atoms with Crippen molar-refractivity contribution in [2.45, 2.75) is 33.2 Å². The molecule has 3 heteroatoms. The standard InChI is InChI=1S/C9H13N3/c1-3-6-12-7-9(4-5-10)8(2)11-12/h7H,3-4,6H2,1-2H3. The van der Waals surface area contributed by atoms with Crippen LogP contribution in [0.25, 0.3) is 0 Å². The number of nitrogens with zero attached hydrogens (tertiary/aromatic N) is 3. The molecule has 1 aromatic rings. The van der Waals surface area contributed by atoms with E-state index < -0.39 is 0 Å². The molecule has 0 radical (unpaired) electrons. The van der Waals surface area contributed by atoms with Crippen molar-refractivity contribution in [2.75, 3.05) is 0 Å². The second-order valence-corrected chi connectivity index (χ2v) is 2.84. The maximum absolute atomic E-state index is 8.50. The summed E-state index contributed by atoms with van der Waals surface area (Å²) >= 11 is 0. The first-order chi connectivity index (χ1) is 5.77. The zero-order valence-electron chi connectivity index (χ0n) is 7.54. The molecule has 0 saturated heterocycles. The van der Waals surface area contributed by atoms with Crippen LogP contribution < -0.4 is 0 Å². The van der Waals surface area contributed by atoms with E-state index in [1.54, 1.807) is 0 Å². The SMILES string of the molecule is CCCn1cc(CC#N)c(C)n1. The highest BCUT2D eigenvalue weighted by atomic mass is 15.3. The van der Waals surface area contributed by atoms with Crippen molar-refractivity contribution in [3.8, 4) is 6.07 Å². The Morgan fingerprint density at radius 3 is 3.00 bits per heavy atom. The summed E-state index contributed by atoms with van der Waals surface area (Å²) in [6.07, 6.45) is 3.50. The number of hydrogen-bond donors (Lipinski definition) is 0. The van der Waals surface area contributed by atoms with Gasteiger partial charge in [-0.1, -0.05) is 6.92 Å². The second kappa shape index (κ2) is 3.91. The summed E-state index contributed by atoms with van der Waals surface area (Å²) in [4.78, 5) is 0. The van der Waals surface area contributed by atoms with Crippen LogP contribution in [0, 0.1) is 18.3 Å². The van der Waals surface area contributed by atoms with Crippen molar-refractivity contribution in [2.24, 2.45) is 0 Å². The molecule has 0 bridgehead atoms. The van der Waals surface area contributed by atoms with E-state index in [2.05, 4.69) is 18.1 Å². The monoisotopic (exact) mass is 163 g/mol. The molecule has 12 heavy (non-hydrogen) atoms. The van der Waals surface area contributed by atoms with Crippen LogP contribution in [0.2, 0.25) is 0 Å². The van der Waals surface area contributed by atoms with E-state index in [1.165, 1.54) is 0 Å².